The molecule has 152 valence electrons. The lowest BCUT2D eigenvalue weighted by Gasteiger charge is -2.21. The number of nitrogens with zero attached hydrogens (tertiary/aromatic N) is 1. The Bertz CT molecular complexity index is 434. The van der Waals surface area contributed by atoms with E-state index in [0.29, 0.717) is 11.7 Å². The number of amides is 4. The normalized spacial score (nSPS) is 12.0. The van der Waals surface area contributed by atoms with Gasteiger partial charge >= 0.3 is 12.1 Å². The number of hydrogen-bond donors (Lipinski definition) is 3. The molecule has 0 unspecified atom stereocenters. The summed E-state index contributed by atoms with van der Waals surface area (Å²) in [4.78, 5) is 28.0. The summed E-state index contributed by atoms with van der Waals surface area (Å²) in [5, 5.41) is 8.64. The minimum atomic E-state index is -0.403. The van der Waals surface area contributed by atoms with E-state index in [0.717, 1.165) is 31.4 Å². The predicted octanol–water partition coefficient (Wildman–Crippen LogP) is 5.04. The summed E-state index contributed by atoms with van der Waals surface area (Å²) in [5.41, 5.74) is -0.345. The maximum Gasteiger partial charge on any atom is 0.343 e. The quantitative estimate of drug-likeness (QED) is 0.279. The van der Waals surface area contributed by atoms with Gasteiger partial charge in [-0.1, -0.05) is 64.1 Å². The highest BCUT2D eigenvalue weighted by Crippen LogP contribution is 2.11. The minimum absolute atomic E-state index is 0.340. The molecule has 0 aliphatic carbocycles. The minimum Gasteiger partial charge on any atom is -0.336 e. The molecule has 0 spiro atoms. The maximum atomic E-state index is 12.1. The molecule has 0 saturated carbocycles. The van der Waals surface area contributed by atoms with Crippen LogP contribution < -0.4 is 16.0 Å². The molecular formula is C19H38N4O2S. The van der Waals surface area contributed by atoms with Gasteiger partial charge < -0.3 is 10.6 Å². The van der Waals surface area contributed by atoms with Crippen molar-refractivity contribution in [3.63, 3.8) is 0 Å². The van der Waals surface area contributed by atoms with Gasteiger partial charge in [0, 0.05) is 17.8 Å². The third-order valence-electron chi connectivity index (χ3n) is 3.46. The summed E-state index contributed by atoms with van der Waals surface area (Å²) in [5.74, 6) is 0.836. The number of aliphatic imine (C=N–C) groups is 1. The topological polar surface area (TPSA) is 82.6 Å². The summed E-state index contributed by atoms with van der Waals surface area (Å²) in [6.45, 7) is 10.6. The first kappa shape index (κ1) is 24.8. The highest BCUT2D eigenvalue weighted by Gasteiger charge is 2.15. The van der Waals surface area contributed by atoms with Crippen molar-refractivity contribution in [1.29, 1.82) is 0 Å². The fraction of sp³-hybridized carbons (Fsp3) is 0.842. The summed E-state index contributed by atoms with van der Waals surface area (Å²) < 4.78 is 0. The Kier molecular flexibility index (Phi) is 14.2. The van der Waals surface area contributed by atoms with E-state index in [4.69, 9.17) is 0 Å². The van der Waals surface area contributed by atoms with Crippen LogP contribution in [0.1, 0.15) is 86.0 Å². The first-order valence-corrected chi connectivity index (χ1v) is 10.9. The van der Waals surface area contributed by atoms with Crippen LogP contribution in [0.15, 0.2) is 4.99 Å². The summed E-state index contributed by atoms with van der Waals surface area (Å²) in [6, 6.07) is -0.743. The molecule has 0 radical (unpaired) electrons. The first-order valence-electron chi connectivity index (χ1n) is 9.87. The van der Waals surface area contributed by atoms with E-state index >= 15 is 0 Å². The monoisotopic (exact) mass is 386 g/mol. The zero-order chi connectivity index (χ0) is 19.8. The molecule has 0 rings (SSSR count). The van der Waals surface area contributed by atoms with Gasteiger partial charge in [-0.25, -0.2) is 9.59 Å². The number of amidine groups is 1. The average Bonchev–Trinajstić information content (AvgIpc) is 2.52. The molecule has 0 fully saturated rings. The lowest BCUT2D eigenvalue weighted by Crippen LogP contribution is -2.48. The first-order chi connectivity index (χ1) is 12.3. The molecule has 3 N–H and O–H groups in total. The van der Waals surface area contributed by atoms with E-state index < -0.39 is 6.03 Å². The highest BCUT2D eigenvalue weighted by atomic mass is 32.2. The van der Waals surface area contributed by atoms with Crippen molar-refractivity contribution >= 4 is 29.0 Å². The average molecular weight is 387 g/mol. The van der Waals surface area contributed by atoms with Gasteiger partial charge in [0.05, 0.1) is 0 Å². The van der Waals surface area contributed by atoms with Gasteiger partial charge in [-0.2, -0.15) is 4.99 Å². The highest BCUT2D eigenvalue weighted by molar-refractivity contribution is 8.13. The van der Waals surface area contributed by atoms with Gasteiger partial charge in [0.1, 0.15) is 0 Å². The van der Waals surface area contributed by atoms with Crippen LogP contribution in [0.25, 0.3) is 0 Å². The molecule has 7 heteroatoms. The number of nitrogens with one attached hydrogen (secondary N) is 3. The molecule has 0 aromatic carbocycles. The van der Waals surface area contributed by atoms with Gasteiger partial charge in [-0.15, -0.1) is 0 Å². The largest absolute Gasteiger partial charge is 0.343 e. The zero-order valence-electron chi connectivity index (χ0n) is 17.2. The van der Waals surface area contributed by atoms with Crippen LogP contribution in [0.4, 0.5) is 9.59 Å². The van der Waals surface area contributed by atoms with Crippen molar-refractivity contribution < 1.29 is 9.59 Å². The van der Waals surface area contributed by atoms with Crippen molar-refractivity contribution in [3.05, 3.63) is 0 Å². The Morgan fingerprint density at radius 1 is 0.923 bits per heavy atom. The van der Waals surface area contributed by atoms with Crippen LogP contribution in [0.3, 0.4) is 0 Å². The Morgan fingerprint density at radius 3 is 2.15 bits per heavy atom. The number of unbranched alkanes of at least 4 members (excludes halogenated alkanes) is 6. The Balaban J connectivity index is 4.48. The third kappa shape index (κ3) is 16.2. The van der Waals surface area contributed by atoms with Crippen molar-refractivity contribution in [2.45, 2.75) is 91.5 Å². The van der Waals surface area contributed by atoms with Gasteiger partial charge in [0.25, 0.3) is 0 Å². The van der Waals surface area contributed by atoms with E-state index in [1.54, 1.807) is 0 Å². The predicted molar refractivity (Wildman–Crippen MR) is 113 cm³/mol. The molecule has 0 aliphatic heterocycles. The molecule has 6 nitrogen and oxygen atoms in total. The summed E-state index contributed by atoms with van der Waals surface area (Å²) in [6.07, 6.45) is 9.17. The molecule has 0 aromatic rings. The number of rotatable bonds is 10. The van der Waals surface area contributed by atoms with Gasteiger partial charge in [0.15, 0.2) is 5.17 Å². The number of carbonyl (C=O) groups excluding carboxylic acids is 2. The molecule has 0 heterocycles. The van der Waals surface area contributed by atoms with E-state index in [9.17, 15) is 9.59 Å². The third-order valence-corrected chi connectivity index (χ3v) is 4.41. The summed E-state index contributed by atoms with van der Waals surface area (Å²) >= 11 is 1.42. The van der Waals surface area contributed by atoms with Crippen molar-refractivity contribution in [1.82, 2.24) is 16.0 Å². The standard InChI is InChI=1S/C19H38N4O2S/c1-6-8-10-11-12-13-15-26-18(21-16(24)20-14-9-7-2)22-17(25)23-19(3,4)5/h6-15H2,1-5H3,(H3,20,21,22,23,24,25). The van der Waals surface area contributed by atoms with Crippen molar-refractivity contribution in [2.24, 2.45) is 4.99 Å². The van der Waals surface area contributed by atoms with Gasteiger partial charge in [-0.05, 0) is 33.6 Å². The van der Waals surface area contributed by atoms with E-state index in [-0.39, 0.29) is 11.6 Å². The Morgan fingerprint density at radius 2 is 1.54 bits per heavy atom. The lowest BCUT2D eigenvalue weighted by molar-refractivity contribution is 0.237. The molecule has 26 heavy (non-hydrogen) atoms. The number of hydrogen-bond acceptors (Lipinski definition) is 3. The van der Waals surface area contributed by atoms with Crippen LogP contribution in [0.5, 0.6) is 0 Å². The SMILES string of the molecule is CCCCCCCCSC(=NC(=O)NCCCC)NC(=O)NC(C)(C)C. The van der Waals surface area contributed by atoms with Crippen LogP contribution in [0, 0.1) is 0 Å². The second kappa shape index (κ2) is 14.9. The van der Waals surface area contributed by atoms with Crippen LogP contribution in [-0.2, 0) is 0 Å². The second-order valence-electron chi connectivity index (χ2n) is 7.45. The van der Waals surface area contributed by atoms with Gasteiger partial charge in [-0.3, -0.25) is 5.32 Å². The van der Waals surface area contributed by atoms with E-state index in [2.05, 4.69) is 34.8 Å². The lowest BCUT2D eigenvalue weighted by atomic mass is 10.1. The molecule has 0 bridgehead atoms. The number of urea groups is 2. The summed E-state index contributed by atoms with van der Waals surface area (Å²) in [7, 11) is 0. The zero-order valence-corrected chi connectivity index (χ0v) is 18.1. The van der Waals surface area contributed by atoms with Crippen molar-refractivity contribution in [3.8, 4) is 0 Å². The molecule has 0 aliphatic rings. The fourth-order valence-corrected chi connectivity index (χ4v) is 2.97. The van der Waals surface area contributed by atoms with Crippen LogP contribution in [-0.4, -0.2) is 35.1 Å². The second-order valence-corrected chi connectivity index (χ2v) is 8.53. The number of carbonyl (C=O) groups is 2. The van der Waals surface area contributed by atoms with Crippen LogP contribution in [0.2, 0.25) is 0 Å². The van der Waals surface area contributed by atoms with E-state index in [1.165, 1.54) is 37.4 Å². The molecule has 0 saturated heterocycles. The van der Waals surface area contributed by atoms with E-state index in [1.807, 2.05) is 20.8 Å². The van der Waals surface area contributed by atoms with Crippen LogP contribution >= 0.6 is 11.8 Å². The molecule has 0 atom stereocenters. The maximum absolute atomic E-state index is 12.1. The van der Waals surface area contributed by atoms with Gasteiger partial charge in [0.2, 0.25) is 0 Å². The molecule has 0 aromatic heterocycles. The van der Waals surface area contributed by atoms with Crippen molar-refractivity contribution in [2.75, 3.05) is 12.3 Å². The molecular weight excluding hydrogens is 348 g/mol. The fourth-order valence-electron chi connectivity index (χ4n) is 2.12. The Hall–Kier alpha value is -1.24. The smallest absolute Gasteiger partial charge is 0.336 e. The Labute approximate surface area is 163 Å². The molecule has 4 amide bonds. The number of thioether (sulfide) groups is 1.